The maximum Gasteiger partial charge on any atom is 0.179 e. The zero-order chi connectivity index (χ0) is 26.3. The number of ether oxygens (including phenoxy) is 1. The summed E-state index contributed by atoms with van der Waals surface area (Å²) >= 11 is 1.74. The van der Waals surface area contributed by atoms with Gasteiger partial charge in [0.2, 0.25) is 0 Å². The Balaban J connectivity index is 1.43. The minimum atomic E-state index is -0.0984. The molecular weight excluding hydrogens is 504 g/mol. The van der Waals surface area contributed by atoms with Gasteiger partial charge in [0.15, 0.2) is 17.5 Å². The number of anilines is 2. The molecule has 1 atom stereocenters. The molecule has 0 spiro atoms. The van der Waals surface area contributed by atoms with E-state index in [0.29, 0.717) is 12.4 Å². The van der Waals surface area contributed by atoms with Crippen molar-refractivity contribution in [2.45, 2.75) is 19.9 Å². The minimum absolute atomic E-state index is 0.0984. The van der Waals surface area contributed by atoms with Crippen LogP contribution in [0, 0.1) is 6.92 Å². The predicted octanol–water partition coefficient (Wildman–Crippen LogP) is 7.44. The Labute approximate surface area is 230 Å². The molecule has 1 N–H and O–H groups in total. The van der Waals surface area contributed by atoms with E-state index >= 15 is 0 Å². The maximum atomic E-state index is 5.64. The van der Waals surface area contributed by atoms with E-state index in [0.717, 1.165) is 51.4 Å². The van der Waals surface area contributed by atoms with Gasteiger partial charge in [-0.25, -0.2) is 14.7 Å². The van der Waals surface area contributed by atoms with Crippen LogP contribution in [0.2, 0.25) is 0 Å². The lowest BCUT2D eigenvalue weighted by Gasteiger charge is -2.40. The molecule has 2 aliphatic heterocycles. The third-order valence-corrected chi connectivity index (χ3v) is 7.80. The van der Waals surface area contributed by atoms with Crippen LogP contribution < -0.4 is 15.0 Å². The fourth-order valence-corrected chi connectivity index (χ4v) is 6.02. The molecule has 0 saturated carbocycles. The topological polar surface area (TPSA) is 67.0 Å². The Hall–Kier alpha value is -4.69. The number of amidine groups is 2. The number of para-hydroxylation sites is 3. The number of hydrogen-bond donors (Lipinski definition) is 1. The molecule has 4 heterocycles. The van der Waals surface area contributed by atoms with Gasteiger partial charge in [0.05, 0.1) is 29.4 Å². The van der Waals surface area contributed by atoms with E-state index in [4.69, 9.17) is 19.8 Å². The van der Waals surface area contributed by atoms with E-state index in [9.17, 15) is 0 Å². The van der Waals surface area contributed by atoms with Gasteiger partial charge in [-0.05, 0) is 73.8 Å². The molecular formula is C31H26N6OS. The van der Waals surface area contributed by atoms with Gasteiger partial charge in [-0.3, -0.25) is 0 Å². The van der Waals surface area contributed by atoms with Crippen molar-refractivity contribution in [3.8, 4) is 11.4 Å². The molecule has 2 aliphatic rings. The van der Waals surface area contributed by atoms with Gasteiger partial charge < -0.3 is 15.0 Å². The first kappa shape index (κ1) is 23.4. The number of nitrogens with one attached hydrogen (secondary N) is 1. The van der Waals surface area contributed by atoms with E-state index in [-0.39, 0.29) is 6.04 Å². The van der Waals surface area contributed by atoms with E-state index in [1.807, 2.05) is 66.2 Å². The molecule has 8 heteroatoms. The zero-order valence-electron chi connectivity index (χ0n) is 21.6. The summed E-state index contributed by atoms with van der Waals surface area (Å²) in [6.07, 6.45) is 0. The predicted molar refractivity (Wildman–Crippen MR) is 159 cm³/mol. The highest BCUT2D eigenvalue weighted by Gasteiger charge is 2.41. The van der Waals surface area contributed by atoms with Gasteiger partial charge in [-0.1, -0.05) is 36.4 Å². The number of thiophene rings is 1. The first-order valence-electron chi connectivity index (χ1n) is 13.0. The number of rotatable bonds is 5. The van der Waals surface area contributed by atoms with Gasteiger partial charge in [0.25, 0.3) is 0 Å². The van der Waals surface area contributed by atoms with Gasteiger partial charge in [0, 0.05) is 16.1 Å². The summed E-state index contributed by atoms with van der Waals surface area (Å²) in [5.41, 5.74) is 5.84. The van der Waals surface area contributed by atoms with Crippen LogP contribution in [0.15, 0.2) is 106 Å². The Morgan fingerprint density at radius 1 is 0.897 bits per heavy atom. The van der Waals surface area contributed by atoms with Crippen LogP contribution in [0.25, 0.3) is 5.69 Å². The fraction of sp³-hybridized carbons (Fsp3) is 0.129. The van der Waals surface area contributed by atoms with E-state index in [2.05, 4.69) is 58.9 Å². The molecule has 0 amide bonds. The summed E-state index contributed by atoms with van der Waals surface area (Å²) in [6.45, 7) is 4.68. The molecule has 0 aliphatic carbocycles. The van der Waals surface area contributed by atoms with E-state index in [1.54, 1.807) is 11.3 Å². The van der Waals surface area contributed by atoms with E-state index in [1.165, 1.54) is 4.88 Å². The number of aromatic nitrogens is 2. The molecule has 7 nitrogen and oxygen atoms in total. The molecule has 0 fully saturated rings. The van der Waals surface area contributed by atoms with Crippen LogP contribution in [-0.2, 0) is 0 Å². The standard InChI is InChI=1S/C31H26N6OS/c1-3-38-23-17-15-21(16-18-23)32-29-31-34-30-27(20(2)35-37(30)22-10-5-4-6-11-22)28(26-14-9-19-39-26)36(31)25-13-8-7-12-24(25)33-29/h4-19,28H,3H2,1-2H3,(H,32,33). The average Bonchev–Trinajstić information content (AvgIpc) is 3.62. The van der Waals surface area contributed by atoms with Gasteiger partial charge >= 0.3 is 0 Å². The Kier molecular flexibility index (Phi) is 5.74. The molecule has 39 heavy (non-hydrogen) atoms. The summed E-state index contributed by atoms with van der Waals surface area (Å²) in [5.74, 6) is 3.10. The molecule has 192 valence electrons. The lowest BCUT2D eigenvalue weighted by molar-refractivity contribution is 0.340. The van der Waals surface area contributed by atoms with Crippen molar-refractivity contribution in [2.24, 2.45) is 9.98 Å². The molecule has 7 rings (SSSR count). The fourth-order valence-electron chi connectivity index (χ4n) is 5.20. The van der Waals surface area contributed by atoms with Crippen LogP contribution in [-0.4, -0.2) is 28.1 Å². The van der Waals surface area contributed by atoms with Crippen LogP contribution in [0.4, 0.5) is 22.9 Å². The minimum Gasteiger partial charge on any atom is -0.494 e. The third-order valence-electron chi connectivity index (χ3n) is 6.88. The average molecular weight is 531 g/mol. The second-order valence-electron chi connectivity index (χ2n) is 9.32. The summed E-state index contributed by atoms with van der Waals surface area (Å²) in [4.78, 5) is 13.9. The Morgan fingerprint density at radius 2 is 1.69 bits per heavy atom. The van der Waals surface area contributed by atoms with Crippen molar-refractivity contribution < 1.29 is 4.74 Å². The Morgan fingerprint density at radius 3 is 2.46 bits per heavy atom. The highest BCUT2D eigenvalue weighted by Crippen LogP contribution is 2.49. The smallest absolute Gasteiger partial charge is 0.179 e. The molecule has 2 aromatic heterocycles. The largest absolute Gasteiger partial charge is 0.494 e. The van der Waals surface area contributed by atoms with E-state index < -0.39 is 0 Å². The van der Waals surface area contributed by atoms with Crippen molar-refractivity contribution in [3.05, 3.63) is 113 Å². The van der Waals surface area contributed by atoms with Crippen molar-refractivity contribution in [1.82, 2.24) is 9.78 Å². The first-order chi connectivity index (χ1) is 19.2. The molecule has 0 radical (unpaired) electrons. The number of fused-ring (bicyclic) bond motifs is 4. The van der Waals surface area contributed by atoms with Crippen molar-refractivity contribution >= 4 is 45.9 Å². The van der Waals surface area contributed by atoms with Gasteiger partial charge in [0.1, 0.15) is 11.8 Å². The number of benzene rings is 3. The first-order valence-corrected chi connectivity index (χ1v) is 13.8. The molecule has 0 bridgehead atoms. The quantitative estimate of drug-likeness (QED) is 0.256. The van der Waals surface area contributed by atoms with Crippen molar-refractivity contribution in [2.75, 3.05) is 16.8 Å². The molecule has 1 unspecified atom stereocenters. The number of aryl methyl sites for hydroxylation is 1. The second kappa shape index (κ2) is 9.56. The lowest BCUT2D eigenvalue weighted by Crippen LogP contribution is -2.46. The van der Waals surface area contributed by atoms with Crippen molar-refractivity contribution in [1.29, 1.82) is 0 Å². The SMILES string of the molecule is CCOc1ccc(NC2=Nc3ccccc3N3C2=Nc2c(c(C)nn2-c2ccccc2)C3c2cccs2)cc1. The Bertz CT molecular complexity index is 1700. The normalized spacial score (nSPS) is 15.5. The molecule has 3 aromatic carbocycles. The highest BCUT2D eigenvalue weighted by molar-refractivity contribution is 7.10. The second-order valence-corrected chi connectivity index (χ2v) is 10.3. The third kappa shape index (κ3) is 4.00. The summed E-state index contributed by atoms with van der Waals surface area (Å²) < 4.78 is 7.59. The van der Waals surface area contributed by atoms with Crippen LogP contribution in [0.5, 0.6) is 5.75 Å². The van der Waals surface area contributed by atoms with Crippen LogP contribution in [0.3, 0.4) is 0 Å². The monoisotopic (exact) mass is 530 g/mol. The van der Waals surface area contributed by atoms with Gasteiger partial charge in [-0.15, -0.1) is 11.3 Å². The molecule has 5 aromatic rings. The lowest BCUT2D eigenvalue weighted by atomic mass is 9.98. The van der Waals surface area contributed by atoms with Gasteiger partial charge in [-0.2, -0.15) is 5.10 Å². The van der Waals surface area contributed by atoms with Crippen molar-refractivity contribution in [3.63, 3.8) is 0 Å². The van der Waals surface area contributed by atoms with Crippen LogP contribution in [0.1, 0.15) is 29.1 Å². The summed E-state index contributed by atoms with van der Waals surface area (Å²) in [5, 5.41) is 10.7. The maximum absolute atomic E-state index is 5.64. The van der Waals surface area contributed by atoms with Crippen LogP contribution >= 0.6 is 11.3 Å². The molecule has 0 saturated heterocycles. The number of nitrogens with zero attached hydrogens (tertiary/aromatic N) is 5. The number of aliphatic imine (C=N–C) groups is 2. The summed E-state index contributed by atoms with van der Waals surface area (Å²) in [7, 11) is 0. The summed E-state index contributed by atoms with van der Waals surface area (Å²) in [6, 6.07) is 30.5. The number of hydrogen-bond acceptors (Lipinski definition) is 7. The zero-order valence-corrected chi connectivity index (χ0v) is 22.4. The highest BCUT2D eigenvalue weighted by atomic mass is 32.1.